The molecule has 1 fully saturated rings. The predicted octanol–water partition coefficient (Wildman–Crippen LogP) is 2.37. The van der Waals surface area contributed by atoms with Crippen LogP contribution in [0.25, 0.3) is 0 Å². The molecular formula is C19H30ClN3O2. The average molecular weight is 368 g/mol. The van der Waals surface area contributed by atoms with Gasteiger partial charge < -0.3 is 16.0 Å². The first-order valence-electron chi connectivity index (χ1n) is 8.96. The van der Waals surface area contributed by atoms with Gasteiger partial charge in [-0.25, -0.2) is 0 Å². The molecule has 1 heterocycles. The number of hydrogen-bond acceptors (Lipinski definition) is 3. The number of amides is 2. The van der Waals surface area contributed by atoms with Crippen molar-refractivity contribution in [2.75, 3.05) is 19.6 Å². The third kappa shape index (κ3) is 6.67. The molecule has 25 heavy (non-hydrogen) atoms. The van der Waals surface area contributed by atoms with Crippen LogP contribution in [0.2, 0.25) is 0 Å². The Morgan fingerprint density at radius 3 is 2.60 bits per heavy atom. The summed E-state index contributed by atoms with van der Waals surface area (Å²) in [7, 11) is 0. The summed E-state index contributed by atoms with van der Waals surface area (Å²) in [6.45, 7) is 6.80. The number of hydrogen-bond donors (Lipinski definition) is 3. The standard InChI is InChI=1S/C19H29N3O2.ClH/c1-3-14(2)17(22-18(23)16-7-5-4-6-8-16)19(24)21-12-10-15-9-11-20-13-15;/h4-8,14-15,17,20H,3,9-13H2,1-2H3,(H,21,24)(H,22,23);1H. The molecule has 5 nitrogen and oxygen atoms in total. The summed E-state index contributed by atoms with van der Waals surface area (Å²) in [6.07, 6.45) is 2.99. The van der Waals surface area contributed by atoms with Crippen molar-refractivity contribution in [2.24, 2.45) is 11.8 Å². The number of nitrogens with one attached hydrogen (secondary N) is 3. The van der Waals surface area contributed by atoms with Crippen LogP contribution in [0.3, 0.4) is 0 Å². The van der Waals surface area contributed by atoms with Gasteiger partial charge in [-0.3, -0.25) is 9.59 Å². The molecule has 3 atom stereocenters. The zero-order valence-corrected chi connectivity index (χ0v) is 15.9. The Balaban J connectivity index is 0.00000312. The molecule has 0 aromatic heterocycles. The Morgan fingerprint density at radius 2 is 2.00 bits per heavy atom. The maximum absolute atomic E-state index is 12.5. The summed E-state index contributed by atoms with van der Waals surface area (Å²) in [5, 5.41) is 9.23. The van der Waals surface area contributed by atoms with Crippen LogP contribution in [0, 0.1) is 11.8 Å². The van der Waals surface area contributed by atoms with Crippen LogP contribution in [0.1, 0.15) is 43.5 Å². The fourth-order valence-corrected chi connectivity index (χ4v) is 2.99. The van der Waals surface area contributed by atoms with Gasteiger partial charge >= 0.3 is 0 Å². The van der Waals surface area contributed by atoms with Crippen LogP contribution in [0.4, 0.5) is 0 Å². The molecule has 2 rings (SSSR count). The molecule has 1 aromatic carbocycles. The highest BCUT2D eigenvalue weighted by atomic mass is 35.5. The fourth-order valence-electron chi connectivity index (χ4n) is 2.99. The maximum Gasteiger partial charge on any atom is 0.251 e. The van der Waals surface area contributed by atoms with Crippen LogP contribution in [0.5, 0.6) is 0 Å². The van der Waals surface area contributed by atoms with Crippen molar-refractivity contribution in [1.82, 2.24) is 16.0 Å². The molecule has 2 amide bonds. The van der Waals surface area contributed by atoms with E-state index in [9.17, 15) is 9.59 Å². The van der Waals surface area contributed by atoms with Crippen LogP contribution in [-0.4, -0.2) is 37.5 Å². The van der Waals surface area contributed by atoms with Gasteiger partial charge in [-0.15, -0.1) is 12.4 Å². The molecule has 140 valence electrons. The summed E-state index contributed by atoms with van der Waals surface area (Å²) >= 11 is 0. The second-order valence-corrected chi connectivity index (χ2v) is 6.64. The lowest BCUT2D eigenvalue weighted by molar-refractivity contribution is -0.124. The minimum absolute atomic E-state index is 0. The Kier molecular flexibility index (Phi) is 9.53. The molecule has 6 heteroatoms. The van der Waals surface area contributed by atoms with E-state index in [1.807, 2.05) is 32.0 Å². The first-order chi connectivity index (χ1) is 11.6. The molecule has 1 aliphatic heterocycles. The fraction of sp³-hybridized carbons (Fsp3) is 0.579. The normalized spacial score (nSPS) is 18.7. The smallest absolute Gasteiger partial charge is 0.251 e. The topological polar surface area (TPSA) is 70.2 Å². The Morgan fingerprint density at radius 1 is 1.28 bits per heavy atom. The lowest BCUT2D eigenvalue weighted by Gasteiger charge is -2.24. The number of carbonyl (C=O) groups is 2. The van der Waals surface area contributed by atoms with Crippen molar-refractivity contribution in [1.29, 1.82) is 0 Å². The molecule has 3 unspecified atom stereocenters. The van der Waals surface area contributed by atoms with E-state index >= 15 is 0 Å². The molecule has 0 aliphatic carbocycles. The molecule has 0 saturated carbocycles. The third-order valence-corrected chi connectivity index (χ3v) is 4.83. The third-order valence-electron chi connectivity index (χ3n) is 4.83. The highest BCUT2D eigenvalue weighted by Crippen LogP contribution is 2.12. The van der Waals surface area contributed by atoms with Gasteiger partial charge in [-0.1, -0.05) is 38.5 Å². The van der Waals surface area contributed by atoms with E-state index in [2.05, 4.69) is 16.0 Å². The van der Waals surface area contributed by atoms with Crippen molar-refractivity contribution in [3.8, 4) is 0 Å². The summed E-state index contributed by atoms with van der Waals surface area (Å²) in [6, 6.07) is 8.53. The molecule has 1 saturated heterocycles. The maximum atomic E-state index is 12.5. The number of rotatable bonds is 8. The number of benzene rings is 1. The summed E-state index contributed by atoms with van der Waals surface area (Å²) < 4.78 is 0. The van der Waals surface area contributed by atoms with Crippen LogP contribution < -0.4 is 16.0 Å². The Bertz CT molecular complexity index is 533. The van der Waals surface area contributed by atoms with E-state index in [1.54, 1.807) is 12.1 Å². The van der Waals surface area contributed by atoms with Gasteiger partial charge in [-0.2, -0.15) is 0 Å². The van der Waals surface area contributed by atoms with E-state index in [4.69, 9.17) is 0 Å². The summed E-state index contributed by atoms with van der Waals surface area (Å²) in [5.74, 6) is 0.452. The Labute approximate surface area is 156 Å². The molecule has 0 spiro atoms. The van der Waals surface area contributed by atoms with Gasteiger partial charge in [0.1, 0.15) is 6.04 Å². The van der Waals surface area contributed by atoms with Gasteiger partial charge in [0.25, 0.3) is 5.91 Å². The molecular weight excluding hydrogens is 338 g/mol. The monoisotopic (exact) mass is 367 g/mol. The first-order valence-corrected chi connectivity index (χ1v) is 8.96. The zero-order valence-electron chi connectivity index (χ0n) is 15.1. The summed E-state index contributed by atoms with van der Waals surface area (Å²) in [5.41, 5.74) is 0.579. The van der Waals surface area contributed by atoms with E-state index in [0.29, 0.717) is 18.0 Å². The van der Waals surface area contributed by atoms with E-state index in [0.717, 1.165) is 25.9 Å². The van der Waals surface area contributed by atoms with Gasteiger partial charge in [0.05, 0.1) is 0 Å². The average Bonchev–Trinajstić information content (AvgIpc) is 3.12. The zero-order chi connectivity index (χ0) is 17.4. The van der Waals surface area contributed by atoms with E-state index in [-0.39, 0.29) is 30.1 Å². The number of halogens is 1. The minimum Gasteiger partial charge on any atom is -0.354 e. The number of carbonyl (C=O) groups excluding carboxylic acids is 2. The molecule has 1 aliphatic rings. The lowest BCUT2D eigenvalue weighted by atomic mass is 9.97. The summed E-state index contributed by atoms with van der Waals surface area (Å²) in [4.78, 5) is 24.9. The van der Waals surface area contributed by atoms with Crippen molar-refractivity contribution < 1.29 is 9.59 Å². The van der Waals surface area contributed by atoms with Gasteiger partial charge in [0.2, 0.25) is 5.91 Å². The van der Waals surface area contributed by atoms with E-state index in [1.165, 1.54) is 6.42 Å². The highest BCUT2D eigenvalue weighted by Gasteiger charge is 2.26. The first kappa shape index (κ1) is 21.5. The largest absolute Gasteiger partial charge is 0.354 e. The van der Waals surface area contributed by atoms with Crippen LogP contribution in [0.15, 0.2) is 30.3 Å². The second kappa shape index (κ2) is 11.1. The van der Waals surface area contributed by atoms with Crippen LogP contribution in [-0.2, 0) is 4.79 Å². The molecule has 1 aromatic rings. The SMILES string of the molecule is CCC(C)C(NC(=O)c1ccccc1)C(=O)NCCC1CCNC1.Cl. The lowest BCUT2D eigenvalue weighted by Crippen LogP contribution is -2.50. The minimum atomic E-state index is -0.496. The van der Waals surface area contributed by atoms with Gasteiger partial charge in [0.15, 0.2) is 0 Å². The quantitative estimate of drug-likeness (QED) is 0.660. The van der Waals surface area contributed by atoms with Crippen molar-refractivity contribution in [3.63, 3.8) is 0 Å². The Hall–Kier alpha value is -1.59. The van der Waals surface area contributed by atoms with Crippen LogP contribution >= 0.6 is 12.4 Å². The highest BCUT2D eigenvalue weighted by molar-refractivity contribution is 5.97. The molecule has 0 radical (unpaired) electrons. The van der Waals surface area contributed by atoms with E-state index < -0.39 is 6.04 Å². The van der Waals surface area contributed by atoms with Gasteiger partial charge in [-0.05, 0) is 49.9 Å². The molecule has 0 bridgehead atoms. The van der Waals surface area contributed by atoms with Crippen molar-refractivity contribution in [3.05, 3.63) is 35.9 Å². The van der Waals surface area contributed by atoms with Crippen molar-refractivity contribution >= 4 is 24.2 Å². The molecule has 3 N–H and O–H groups in total. The van der Waals surface area contributed by atoms with Gasteiger partial charge in [0, 0.05) is 12.1 Å². The second-order valence-electron chi connectivity index (χ2n) is 6.64. The van der Waals surface area contributed by atoms with Crippen molar-refractivity contribution in [2.45, 2.75) is 39.2 Å². The predicted molar refractivity (Wildman–Crippen MR) is 103 cm³/mol.